The Bertz CT molecular complexity index is 810. The lowest BCUT2D eigenvalue weighted by atomic mass is 10.1. The van der Waals surface area contributed by atoms with E-state index in [1.54, 1.807) is 11.5 Å². The molecule has 4 rings (SSSR count). The lowest BCUT2D eigenvalue weighted by Gasteiger charge is -1.91. The van der Waals surface area contributed by atoms with Gasteiger partial charge in [0.2, 0.25) is 0 Å². The van der Waals surface area contributed by atoms with E-state index in [4.69, 9.17) is 0 Å². The molecule has 0 amide bonds. The van der Waals surface area contributed by atoms with Crippen molar-refractivity contribution in [2.45, 2.75) is 0 Å². The standard InChI is InChI=1S/C13H8N2S/c1-2-4-10-9(3-1)12-11(15-10)6-5-8-7-14-16-13(8)12/h1-7,14H. The minimum absolute atomic E-state index is 1.08. The van der Waals surface area contributed by atoms with Gasteiger partial charge in [-0.15, -0.1) is 0 Å². The molecule has 16 heavy (non-hydrogen) atoms. The first-order valence-electron chi connectivity index (χ1n) is 5.17. The molecule has 0 unspecified atom stereocenters. The van der Waals surface area contributed by atoms with Crippen molar-refractivity contribution in [2.24, 2.45) is 0 Å². The van der Waals surface area contributed by atoms with Crippen molar-refractivity contribution in [1.29, 1.82) is 0 Å². The molecule has 0 saturated carbocycles. The fraction of sp³-hybridized carbons (Fsp3) is 0. The molecule has 4 aromatic rings. The molecule has 76 valence electrons. The Morgan fingerprint density at radius 3 is 2.94 bits per heavy atom. The zero-order chi connectivity index (χ0) is 10.5. The molecule has 0 aliphatic rings. The fourth-order valence-corrected chi connectivity index (χ4v) is 3.09. The van der Waals surface area contributed by atoms with Crippen LogP contribution in [0.2, 0.25) is 0 Å². The zero-order valence-corrected chi connectivity index (χ0v) is 9.21. The lowest BCUT2D eigenvalue weighted by molar-refractivity contribution is 1.55. The summed E-state index contributed by atoms with van der Waals surface area (Å²) in [5.74, 6) is 0. The van der Waals surface area contributed by atoms with Crippen LogP contribution in [0.25, 0.3) is 31.9 Å². The summed E-state index contributed by atoms with van der Waals surface area (Å²) in [6.45, 7) is 0. The van der Waals surface area contributed by atoms with Gasteiger partial charge in [0.05, 0.1) is 15.7 Å². The summed E-state index contributed by atoms with van der Waals surface area (Å²) in [6.07, 6.45) is 2.04. The molecular formula is C13H8N2S. The maximum absolute atomic E-state index is 4.64. The highest BCUT2D eigenvalue weighted by atomic mass is 32.1. The Balaban J connectivity index is 2.42. The molecule has 1 N–H and O–H groups in total. The van der Waals surface area contributed by atoms with Crippen molar-refractivity contribution in [3.8, 4) is 0 Å². The number of fused-ring (bicyclic) bond motifs is 5. The topological polar surface area (TPSA) is 28.7 Å². The number of H-pyrrole nitrogens is 1. The number of rotatable bonds is 0. The third-order valence-electron chi connectivity index (χ3n) is 2.96. The first kappa shape index (κ1) is 8.30. The van der Waals surface area contributed by atoms with Crippen LogP contribution in [-0.2, 0) is 0 Å². The first-order valence-corrected chi connectivity index (χ1v) is 5.99. The van der Waals surface area contributed by atoms with Gasteiger partial charge in [-0.05, 0) is 18.2 Å². The van der Waals surface area contributed by atoms with Gasteiger partial charge in [-0.25, -0.2) is 4.98 Å². The number of para-hydroxylation sites is 1. The number of aromatic amines is 1. The molecule has 0 fully saturated rings. The predicted octanol–water partition coefficient (Wildman–Crippen LogP) is 3.93. The van der Waals surface area contributed by atoms with E-state index in [0.29, 0.717) is 0 Å². The molecular weight excluding hydrogens is 216 g/mol. The van der Waals surface area contributed by atoms with Crippen molar-refractivity contribution < 1.29 is 0 Å². The van der Waals surface area contributed by atoms with Gasteiger partial charge in [-0.1, -0.05) is 29.7 Å². The van der Waals surface area contributed by atoms with Gasteiger partial charge in [0.15, 0.2) is 0 Å². The van der Waals surface area contributed by atoms with E-state index in [1.807, 2.05) is 12.3 Å². The maximum atomic E-state index is 4.64. The molecule has 0 radical (unpaired) electrons. The van der Waals surface area contributed by atoms with Gasteiger partial charge < -0.3 is 4.37 Å². The Morgan fingerprint density at radius 2 is 1.94 bits per heavy atom. The molecule has 0 aliphatic carbocycles. The van der Waals surface area contributed by atoms with Gasteiger partial charge >= 0.3 is 0 Å². The second-order valence-corrected chi connectivity index (χ2v) is 4.72. The SMILES string of the molecule is c1ccc2c(c1)nc1ccc3c[nH]sc3c12. The smallest absolute Gasteiger partial charge is 0.0731 e. The Morgan fingerprint density at radius 1 is 1.00 bits per heavy atom. The molecule has 0 bridgehead atoms. The second kappa shape index (κ2) is 2.83. The first-order chi connectivity index (χ1) is 7.93. The number of hydrogen-bond donors (Lipinski definition) is 1. The Hall–Kier alpha value is -1.87. The maximum Gasteiger partial charge on any atom is 0.0731 e. The molecule has 2 heterocycles. The van der Waals surface area contributed by atoms with Crippen LogP contribution in [0.5, 0.6) is 0 Å². The van der Waals surface area contributed by atoms with Gasteiger partial charge in [-0.3, -0.25) is 0 Å². The highest BCUT2D eigenvalue weighted by Gasteiger charge is 2.09. The monoisotopic (exact) mass is 224 g/mol. The minimum Gasteiger partial charge on any atom is -0.317 e. The molecule has 2 nitrogen and oxygen atoms in total. The molecule has 0 atom stereocenters. The van der Waals surface area contributed by atoms with E-state index in [2.05, 4.69) is 39.7 Å². The van der Waals surface area contributed by atoms with E-state index < -0.39 is 0 Å². The quantitative estimate of drug-likeness (QED) is 0.481. The number of benzene rings is 2. The third kappa shape index (κ3) is 0.933. The lowest BCUT2D eigenvalue weighted by Crippen LogP contribution is -1.67. The zero-order valence-electron chi connectivity index (χ0n) is 8.40. The van der Waals surface area contributed by atoms with Crippen LogP contribution in [0.1, 0.15) is 0 Å². The number of hydrogen-bond acceptors (Lipinski definition) is 2. The molecule has 2 aromatic heterocycles. The van der Waals surface area contributed by atoms with E-state index in [1.165, 1.54) is 20.9 Å². The van der Waals surface area contributed by atoms with Crippen LogP contribution >= 0.6 is 11.5 Å². The minimum atomic E-state index is 1.08. The highest BCUT2D eigenvalue weighted by molar-refractivity contribution is 7.14. The van der Waals surface area contributed by atoms with E-state index >= 15 is 0 Å². The number of aromatic nitrogens is 2. The number of nitrogens with zero attached hydrogens (tertiary/aromatic N) is 1. The van der Waals surface area contributed by atoms with Crippen LogP contribution in [0.15, 0.2) is 42.6 Å². The summed E-state index contributed by atoms with van der Waals surface area (Å²) in [6, 6.07) is 12.5. The Kier molecular flexibility index (Phi) is 1.47. The molecule has 2 aromatic carbocycles. The van der Waals surface area contributed by atoms with Crippen molar-refractivity contribution in [3.05, 3.63) is 42.6 Å². The summed E-state index contributed by atoms with van der Waals surface area (Å²) in [7, 11) is 0. The van der Waals surface area contributed by atoms with Gasteiger partial charge in [0.25, 0.3) is 0 Å². The van der Waals surface area contributed by atoms with Crippen molar-refractivity contribution >= 4 is 43.4 Å². The summed E-state index contributed by atoms with van der Waals surface area (Å²) in [5, 5.41) is 3.79. The van der Waals surface area contributed by atoms with Crippen molar-refractivity contribution in [3.63, 3.8) is 0 Å². The predicted molar refractivity (Wildman–Crippen MR) is 69.0 cm³/mol. The second-order valence-electron chi connectivity index (χ2n) is 3.87. The molecule has 0 aliphatic heterocycles. The Labute approximate surface area is 95.7 Å². The molecule has 0 saturated heterocycles. The highest BCUT2D eigenvalue weighted by Crippen LogP contribution is 2.33. The van der Waals surface area contributed by atoms with Crippen LogP contribution in [-0.4, -0.2) is 9.36 Å². The van der Waals surface area contributed by atoms with Gasteiger partial charge in [0.1, 0.15) is 0 Å². The molecule has 0 spiro atoms. The summed E-state index contributed by atoms with van der Waals surface area (Å²) in [4.78, 5) is 4.64. The van der Waals surface area contributed by atoms with Gasteiger partial charge in [0, 0.05) is 22.4 Å². The summed E-state index contributed by atoms with van der Waals surface area (Å²) >= 11 is 1.67. The van der Waals surface area contributed by atoms with E-state index in [0.717, 1.165) is 11.0 Å². The fourth-order valence-electron chi connectivity index (χ4n) is 2.23. The van der Waals surface area contributed by atoms with Crippen LogP contribution in [0.3, 0.4) is 0 Å². The van der Waals surface area contributed by atoms with Gasteiger partial charge in [-0.2, -0.15) is 0 Å². The van der Waals surface area contributed by atoms with Crippen LogP contribution in [0, 0.1) is 0 Å². The largest absolute Gasteiger partial charge is 0.317 e. The van der Waals surface area contributed by atoms with Crippen LogP contribution < -0.4 is 0 Å². The summed E-state index contributed by atoms with van der Waals surface area (Å²) < 4.78 is 4.50. The van der Waals surface area contributed by atoms with Crippen molar-refractivity contribution in [2.75, 3.05) is 0 Å². The average molecular weight is 224 g/mol. The normalized spacial score (nSPS) is 11.8. The average Bonchev–Trinajstić information content (AvgIpc) is 2.91. The molecule has 3 heteroatoms. The summed E-state index contributed by atoms with van der Waals surface area (Å²) in [5.41, 5.74) is 2.17. The van der Waals surface area contributed by atoms with Crippen LogP contribution in [0.4, 0.5) is 0 Å². The van der Waals surface area contributed by atoms with E-state index in [9.17, 15) is 0 Å². The number of nitrogens with one attached hydrogen (secondary N) is 1. The third-order valence-corrected chi connectivity index (χ3v) is 3.84. The van der Waals surface area contributed by atoms with E-state index in [-0.39, 0.29) is 0 Å². The van der Waals surface area contributed by atoms with Crippen molar-refractivity contribution in [1.82, 2.24) is 9.36 Å².